The van der Waals surface area contributed by atoms with E-state index in [1.54, 1.807) is 23.9 Å². The Morgan fingerprint density at radius 1 is 1.38 bits per heavy atom. The van der Waals surface area contributed by atoms with Gasteiger partial charge in [0, 0.05) is 17.2 Å². The number of nitrogens with two attached hydrogens (primary N) is 1. The normalized spacial score (nSPS) is 23.5. The van der Waals surface area contributed by atoms with E-state index in [9.17, 15) is 4.79 Å². The molecule has 1 aromatic rings. The minimum atomic E-state index is 0.00236. The van der Waals surface area contributed by atoms with Gasteiger partial charge in [-0.15, -0.1) is 0 Å². The van der Waals surface area contributed by atoms with Crippen LogP contribution in [-0.4, -0.2) is 23.1 Å². The van der Waals surface area contributed by atoms with E-state index < -0.39 is 0 Å². The number of amides is 1. The van der Waals surface area contributed by atoms with Gasteiger partial charge in [-0.1, -0.05) is 0 Å². The Balaban J connectivity index is 1.94. The van der Waals surface area contributed by atoms with Crippen molar-refractivity contribution >= 4 is 34.8 Å². The summed E-state index contributed by atoms with van der Waals surface area (Å²) in [6, 6.07) is 7.22. The van der Waals surface area contributed by atoms with Gasteiger partial charge in [-0.25, -0.2) is 5.01 Å². The van der Waals surface area contributed by atoms with Crippen LogP contribution < -0.4 is 10.7 Å². The number of thioether (sulfide) groups is 1. The van der Waals surface area contributed by atoms with Gasteiger partial charge in [0.15, 0.2) is 0 Å². The van der Waals surface area contributed by atoms with Gasteiger partial charge in [0.25, 0.3) is 5.91 Å². The topological polar surface area (TPSA) is 58.7 Å². The summed E-state index contributed by atoms with van der Waals surface area (Å²) < 4.78 is 0. The van der Waals surface area contributed by atoms with Crippen LogP contribution in [0.5, 0.6) is 0 Å². The van der Waals surface area contributed by atoms with Crippen molar-refractivity contribution in [2.45, 2.75) is 0 Å². The van der Waals surface area contributed by atoms with E-state index in [4.69, 9.17) is 5.73 Å². The molecule has 2 heterocycles. The SMILES string of the molecule is Nc1ccc(N2N=C3CSCC3C2=O)cc1. The van der Waals surface area contributed by atoms with E-state index in [-0.39, 0.29) is 11.8 Å². The van der Waals surface area contributed by atoms with E-state index >= 15 is 0 Å². The van der Waals surface area contributed by atoms with Gasteiger partial charge in [-0.2, -0.15) is 16.9 Å². The first-order valence-corrected chi connectivity index (χ1v) is 6.26. The van der Waals surface area contributed by atoms with Gasteiger partial charge in [0.1, 0.15) is 0 Å². The average Bonchev–Trinajstić information content (AvgIpc) is 2.84. The molecule has 1 aromatic carbocycles. The lowest BCUT2D eigenvalue weighted by Crippen LogP contribution is -2.27. The fourth-order valence-corrected chi connectivity index (χ4v) is 3.07. The van der Waals surface area contributed by atoms with Crippen LogP contribution in [0.3, 0.4) is 0 Å². The summed E-state index contributed by atoms with van der Waals surface area (Å²) in [5.74, 6) is 1.83. The first-order chi connectivity index (χ1) is 7.75. The highest BCUT2D eigenvalue weighted by molar-refractivity contribution is 8.00. The van der Waals surface area contributed by atoms with Crippen LogP contribution in [0.15, 0.2) is 29.4 Å². The second-order valence-corrected chi connectivity index (χ2v) is 4.93. The molecule has 0 aromatic heterocycles. The zero-order valence-electron chi connectivity index (χ0n) is 8.59. The molecule has 0 spiro atoms. The van der Waals surface area contributed by atoms with Crippen LogP contribution in [-0.2, 0) is 4.79 Å². The highest BCUT2D eigenvalue weighted by atomic mass is 32.2. The van der Waals surface area contributed by atoms with E-state index in [2.05, 4.69) is 5.10 Å². The van der Waals surface area contributed by atoms with Crippen molar-refractivity contribution in [3.63, 3.8) is 0 Å². The fraction of sp³-hybridized carbons (Fsp3) is 0.273. The summed E-state index contributed by atoms with van der Waals surface area (Å²) in [6.07, 6.45) is 0. The number of nitrogens with zero attached hydrogens (tertiary/aromatic N) is 2. The Labute approximate surface area is 97.5 Å². The number of fused-ring (bicyclic) bond motifs is 1. The number of benzene rings is 1. The second-order valence-electron chi connectivity index (χ2n) is 3.90. The van der Waals surface area contributed by atoms with Gasteiger partial charge in [-0.3, -0.25) is 4.79 Å². The van der Waals surface area contributed by atoms with Crippen LogP contribution in [0, 0.1) is 5.92 Å². The predicted molar refractivity (Wildman–Crippen MR) is 66.6 cm³/mol. The highest BCUT2D eigenvalue weighted by Gasteiger charge is 2.39. The van der Waals surface area contributed by atoms with Gasteiger partial charge in [0.05, 0.1) is 17.3 Å². The third-order valence-corrected chi connectivity index (χ3v) is 3.88. The third-order valence-electron chi connectivity index (χ3n) is 2.81. The van der Waals surface area contributed by atoms with Gasteiger partial charge < -0.3 is 5.73 Å². The number of rotatable bonds is 1. The Morgan fingerprint density at radius 2 is 2.12 bits per heavy atom. The fourth-order valence-electron chi connectivity index (χ4n) is 1.92. The molecular formula is C11H11N3OS. The van der Waals surface area contributed by atoms with Crippen molar-refractivity contribution in [1.29, 1.82) is 0 Å². The summed E-state index contributed by atoms with van der Waals surface area (Å²) in [5, 5.41) is 5.87. The number of hydrogen-bond donors (Lipinski definition) is 1. The Hall–Kier alpha value is -1.49. The molecule has 0 aliphatic carbocycles. The molecule has 0 radical (unpaired) electrons. The molecule has 2 aliphatic rings. The maximum atomic E-state index is 12.0. The molecule has 16 heavy (non-hydrogen) atoms. The molecule has 0 saturated carbocycles. The highest BCUT2D eigenvalue weighted by Crippen LogP contribution is 2.31. The molecule has 1 saturated heterocycles. The molecule has 82 valence electrons. The maximum absolute atomic E-state index is 12.0. The Morgan fingerprint density at radius 3 is 2.81 bits per heavy atom. The van der Waals surface area contributed by atoms with Crippen LogP contribution in [0.1, 0.15) is 0 Å². The summed E-state index contributed by atoms with van der Waals surface area (Å²) in [5.41, 5.74) is 8.11. The van der Waals surface area contributed by atoms with E-state index in [0.717, 1.165) is 22.9 Å². The summed E-state index contributed by atoms with van der Waals surface area (Å²) in [7, 11) is 0. The van der Waals surface area contributed by atoms with Crippen molar-refractivity contribution < 1.29 is 4.79 Å². The number of carbonyl (C=O) groups excluding carboxylic acids is 1. The van der Waals surface area contributed by atoms with Crippen molar-refractivity contribution in [3.8, 4) is 0 Å². The number of anilines is 2. The average molecular weight is 233 g/mol. The van der Waals surface area contributed by atoms with Crippen LogP contribution in [0.2, 0.25) is 0 Å². The molecule has 2 N–H and O–H groups in total. The number of carbonyl (C=O) groups is 1. The lowest BCUT2D eigenvalue weighted by Gasteiger charge is -2.13. The zero-order chi connectivity index (χ0) is 11.1. The first kappa shape index (κ1) is 9.72. The smallest absolute Gasteiger partial charge is 0.257 e. The Bertz CT molecular complexity index is 469. The number of hydrazone groups is 1. The van der Waals surface area contributed by atoms with Crippen LogP contribution >= 0.6 is 11.8 Å². The zero-order valence-corrected chi connectivity index (χ0v) is 9.41. The molecule has 1 amide bonds. The molecule has 5 heteroatoms. The van der Waals surface area contributed by atoms with Crippen LogP contribution in [0.4, 0.5) is 11.4 Å². The summed E-state index contributed by atoms with van der Waals surface area (Å²) >= 11 is 1.77. The second kappa shape index (κ2) is 3.52. The van der Waals surface area contributed by atoms with Crippen LogP contribution in [0.25, 0.3) is 0 Å². The standard InChI is InChI=1S/C11H11N3OS/c12-7-1-3-8(4-2-7)14-11(15)9-5-16-6-10(9)13-14/h1-4,9H,5-6,12H2. The van der Waals surface area contributed by atoms with Gasteiger partial charge >= 0.3 is 0 Å². The number of hydrogen-bond acceptors (Lipinski definition) is 4. The lowest BCUT2D eigenvalue weighted by molar-refractivity contribution is -0.119. The molecule has 1 atom stereocenters. The van der Waals surface area contributed by atoms with E-state index in [1.165, 1.54) is 5.01 Å². The molecule has 1 unspecified atom stereocenters. The molecular weight excluding hydrogens is 222 g/mol. The largest absolute Gasteiger partial charge is 0.399 e. The number of nitrogen functional groups attached to an aromatic ring is 1. The first-order valence-electron chi connectivity index (χ1n) is 5.10. The predicted octanol–water partition coefficient (Wildman–Crippen LogP) is 1.33. The molecule has 1 fully saturated rings. The molecule has 2 aliphatic heterocycles. The van der Waals surface area contributed by atoms with Crippen molar-refractivity contribution in [2.24, 2.45) is 11.0 Å². The minimum Gasteiger partial charge on any atom is -0.399 e. The van der Waals surface area contributed by atoms with Gasteiger partial charge in [0.2, 0.25) is 0 Å². The molecule has 3 rings (SSSR count). The van der Waals surface area contributed by atoms with Crippen molar-refractivity contribution in [2.75, 3.05) is 22.2 Å². The third kappa shape index (κ3) is 1.39. The van der Waals surface area contributed by atoms with E-state index in [0.29, 0.717) is 5.69 Å². The Kier molecular flexibility index (Phi) is 2.14. The van der Waals surface area contributed by atoms with Gasteiger partial charge in [-0.05, 0) is 24.3 Å². The summed E-state index contributed by atoms with van der Waals surface area (Å²) in [6.45, 7) is 0. The molecule has 4 nitrogen and oxygen atoms in total. The lowest BCUT2D eigenvalue weighted by atomic mass is 10.1. The quantitative estimate of drug-likeness (QED) is 0.744. The molecule has 0 bridgehead atoms. The summed E-state index contributed by atoms with van der Waals surface area (Å²) in [4.78, 5) is 12.0. The minimum absolute atomic E-state index is 0.00236. The van der Waals surface area contributed by atoms with Crippen molar-refractivity contribution in [3.05, 3.63) is 24.3 Å². The monoisotopic (exact) mass is 233 g/mol. The van der Waals surface area contributed by atoms with E-state index in [1.807, 2.05) is 12.1 Å². The van der Waals surface area contributed by atoms with Crippen molar-refractivity contribution in [1.82, 2.24) is 0 Å². The maximum Gasteiger partial charge on any atom is 0.257 e.